The molecule has 122 valence electrons. The molecule has 2 aromatic heterocycles. The highest BCUT2D eigenvalue weighted by Gasteiger charge is 2.27. The minimum Gasteiger partial charge on any atom is -0.377 e. The number of morpholine rings is 1. The molecule has 0 aromatic carbocycles. The predicted octanol–water partition coefficient (Wildman–Crippen LogP) is 2.25. The van der Waals surface area contributed by atoms with Gasteiger partial charge in [0.05, 0.1) is 37.1 Å². The number of carbonyl (C=O) groups is 1. The topological polar surface area (TPSA) is 55.3 Å². The number of carbonyl (C=O) groups excluding carboxylic acids is 1. The number of ether oxygens (including phenoxy) is 1. The van der Waals surface area contributed by atoms with Crippen LogP contribution >= 0.6 is 11.3 Å². The van der Waals surface area contributed by atoms with Gasteiger partial charge in [0.1, 0.15) is 0 Å². The largest absolute Gasteiger partial charge is 0.377 e. The van der Waals surface area contributed by atoms with Gasteiger partial charge in [0.15, 0.2) is 0 Å². The number of aromatic nitrogens is 2. The lowest BCUT2D eigenvalue weighted by atomic mass is 10.1. The molecule has 5 nitrogen and oxygen atoms in total. The second kappa shape index (κ2) is 7.66. The van der Waals surface area contributed by atoms with Crippen molar-refractivity contribution in [2.75, 3.05) is 19.8 Å². The van der Waals surface area contributed by atoms with Crippen molar-refractivity contribution in [3.05, 3.63) is 46.2 Å². The maximum atomic E-state index is 12.6. The third kappa shape index (κ3) is 4.14. The lowest BCUT2D eigenvalue weighted by molar-refractivity contribution is -0.139. The first-order chi connectivity index (χ1) is 11.2. The van der Waals surface area contributed by atoms with Gasteiger partial charge in [-0.1, -0.05) is 6.07 Å². The predicted molar refractivity (Wildman–Crippen MR) is 89.4 cm³/mol. The summed E-state index contributed by atoms with van der Waals surface area (Å²) in [6, 6.07) is 4.12. The quantitative estimate of drug-likeness (QED) is 0.843. The molecule has 0 spiro atoms. The summed E-state index contributed by atoms with van der Waals surface area (Å²) in [4.78, 5) is 24.4. The SMILES string of the molecule is Cc1nccnc1CC[C@H]1COCCN1C(=O)Cc1cccs1. The molecule has 6 heteroatoms. The van der Waals surface area contributed by atoms with Crippen LogP contribution in [-0.2, 0) is 22.4 Å². The highest BCUT2D eigenvalue weighted by molar-refractivity contribution is 7.10. The van der Waals surface area contributed by atoms with Crippen LogP contribution in [0.3, 0.4) is 0 Å². The number of thiophene rings is 1. The molecule has 0 N–H and O–H groups in total. The van der Waals surface area contributed by atoms with Gasteiger partial charge in [-0.15, -0.1) is 11.3 Å². The van der Waals surface area contributed by atoms with Gasteiger partial charge in [-0.2, -0.15) is 0 Å². The second-order valence-electron chi connectivity index (χ2n) is 5.70. The summed E-state index contributed by atoms with van der Waals surface area (Å²) in [5.41, 5.74) is 1.96. The number of amides is 1. The van der Waals surface area contributed by atoms with Crippen LogP contribution < -0.4 is 0 Å². The third-order valence-electron chi connectivity index (χ3n) is 4.15. The van der Waals surface area contributed by atoms with Gasteiger partial charge in [0.2, 0.25) is 5.91 Å². The molecular formula is C17H21N3O2S. The standard InChI is InChI=1S/C17H21N3O2S/c1-13-16(19-7-6-18-13)5-4-14-12-22-9-8-20(14)17(21)11-15-3-2-10-23-15/h2-3,6-7,10,14H,4-5,8-9,11-12H2,1H3/t14-/m0/s1. The van der Waals surface area contributed by atoms with Crippen LogP contribution in [0, 0.1) is 6.92 Å². The van der Waals surface area contributed by atoms with E-state index < -0.39 is 0 Å². The zero-order valence-corrected chi connectivity index (χ0v) is 14.1. The molecule has 1 atom stereocenters. The Labute approximate surface area is 140 Å². The molecule has 0 radical (unpaired) electrons. The molecule has 3 heterocycles. The van der Waals surface area contributed by atoms with E-state index in [2.05, 4.69) is 9.97 Å². The van der Waals surface area contributed by atoms with Crippen molar-refractivity contribution in [1.82, 2.24) is 14.9 Å². The highest BCUT2D eigenvalue weighted by atomic mass is 32.1. The molecule has 0 bridgehead atoms. The number of hydrogen-bond donors (Lipinski definition) is 0. The van der Waals surface area contributed by atoms with Crippen LogP contribution in [0.15, 0.2) is 29.9 Å². The van der Waals surface area contributed by atoms with Gasteiger partial charge in [0.25, 0.3) is 0 Å². The fourth-order valence-electron chi connectivity index (χ4n) is 2.87. The fraction of sp³-hybridized carbons (Fsp3) is 0.471. The zero-order chi connectivity index (χ0) is 16.1. The van der Waals surface area contributed by atoms with Crippen LogP contribution in [-0.4, -0.2) is 46.6 Å². The monoisotopic (exact) mass is 331 g/mol. The Balaban J connectivity index is 1.62. The number of aryl methyl sites for hydroxylation is 2. The number of hydrogen-bond acceptors (Lipinski definition) is 5. The van der Waals surface area contributed by atoms with E-state index in [1.807, 2.05) is 29.3 Å². The number of rotatable bonds is 5. The first kappa shape index (κ1) is 16.1. The molecule has 0 aliphatic carbocycles. The smallest absolute Gasteiger partial charge is 0.228 e. The van der Waals surface area contributed by atoms with Gasteiger partial charge in [0, 0.05) is 23.8 Å². The molecule has 0 unspecified atom stereocenters. The fourth-order valence-corrected chi connectivity index (χ4v) is 3.57. The first-order valence-electron chi connectivity index (χ1n) is 7.90. The molecule has 1 aliphatic heterocycles. The van der Waals surface area contributed by atoms with E-state index in [0.29, 0.717) is 26.2 Å². The van der Waals surface area contributed by atoms with Crippen LogP contribution in [0.4, 0.5) is 0 Å². The van der Waals surface area contributed by atoms with Crippen molar-refractivity contribution in [1.29, 1.82) is 0 Å². The summed E-state index contributed by atoms with van der Waals surface area (Å²) in [5, 5.41) is 2.01. The maximum Gasteiger partial charge on any atom is 0.228 e. The minimum absolute atomic E-state index is 0.123. The van der Waals surface area contributed by atoms with Crippen molar-refractivity contribution in [2.24, 2.45) is 0 Å². The molecule has 0 saturated carbocycles. The average molecular weight is 331 g/mol. The van der Waals surface area contributed by atoms with Crippen LogP contribution in [0.2, 0.25) is 0 Å². The zero-order valence-electron chi connectivity index (χ0n) is 13.3. The Morgan fingerprint density at radius 1 is 1.43 bits per heavy atom. The molecule has 3 rings (SSSR count). The van der Waals surface area contributed by atoms with Gasteiger partial charge >= 0.3 is 0 Å². The lowest BCUT2D eigenvalue weighted by Crippen LogP contribution is -2.49. The van der Waals surface area contributed by atoms with E-state index in [9.17, 15) is 4.79 Å². The molecule has 1 aliphatic rings. The Morgan fingerprint density at radius 2 is 2.30 bits per heavy atom. The molecular weight excluding hydrogens is 310 g/mol. The second-order valence-corrected chi connectivity index (χ2v) is 6.73. The molecule has 2 aromatic rings. The summed E-state index contributed by atoms with van der Waals surface area (Å²) in [5.74, 6) is 0.191. The summed E-state index contributed by atoms with van der Waals surface area (Å²) in [6.45, 7) is 3.88. The van der Waals surface area contributed by atoms with E-state index >= 15 is 0 Å². The summed E-state index contributed by atoms with van der Waals surface area (Å²) < 4.78 is 5.59. The summed E-state index contributed by atoms with van der Waals surface area (Å²) >= 11 is 1.63. The Bertz CT molecular complexity index is 645. The van der Waals surface area contributed by atoms with Crippen molar-refractivity contribution in [3.63, 3.8) is 0 Å². The van der Waals surface area contributed by atoms with Gasteiger partial charge in [-0.25, -0.2) is 0 Å². The van der Waals surface area contributed by atoms with E-state index in [4.69, 9.17) is 4.74 Å². The number of nitrogens with zero attached hydrogens (tertiary/aromatic N) is 3. The van der Waals surface area contributed by atoms with Gasteiger partial charge < -0.3 is 9.64 Å². The van der Waals surface area contributed by atoms with E-state index in [1.54, 1.807) is 23.7 Å². The van der Waals surface area contributed by atoms with E-state index in [1.165, 1.54) is 0 Å². The van der Waals surface area contributed by atoms with Crippen molar-refractivity contribution in [2.45, 2.75) is 32.2 Å². The minimum atomic E-state index is 0.123. The van der Waals surface area contributed by atoms with Crippen molar-refractivity contribution >= 4 is 17.2 Å². The Hall–Kier alpha value is -1.79. The lowest BCUT2D eigenvalue weighted by Gasteiger charge is -2.35. The highest BCUT2D eigenvalue weighted by Crippen LogP contribution is 2.17. The molecule has 1 fully saturated rings. The van der Waals surface area contributed by atoms with Gasteiger partial charge in [-0.05, 0) is 31.2 Å². The van der Waals surface area contributed by atoms with Crippen LogP contribution in [0.1, 0.15) is 22.7 Å². The summed E-state index contributed by atoms with van der Waals surface area (Å²) in [6.07, 6.45) is 5.59. The Kier molecular flexibility index (Phi) is 5.35. The summed E-state index contributed by atoms with van der Waals surface area (Å²) in [7, 11) is 0. The molecule has 1 amide bonds. The van der Waals surface area contributed by atoms with Crippen molar-refractivity contribution in [3.8, 4) is 0 Å². The van der Waals surface area contributed by atoms with E-state index in [0.717, 1.165) is 29.1 Å². The van der Waals surface area contributed by atoms with Crippen LogP contribution in [0.25, 0.3) is 0 Å². The third-order valence-corrected chi connectivity index (χ3v) is 5.03. The first-order valence-corrected chi connectivity index (χ1v) is 8.78. The Morgan fingerprint density at radius 3 is 3.09 bits per heavy atom. The maximum absolute atomic E-state index is 12.6. The van der Waals surface area contributed by atoms with Crippen LogP contribution in [0.5, 0.6) is 0 Å². The van der Waals surface area contributed by atoms with Gasteiger partial charge in [-0.3, -0.25) is 14.8 Å². The average Bonchev–Trinajstić information content (AvgIpc) is 3.07. The molecule has 23 heavy (non-hydrogen) atoms. The molecule has 1 saturated heterocycles. The van der Waals surface area contributed by atoms with E-state index in [-0.39, 0.29) is 11.9 Å². The normalized spacial score (nSPS) is 18.1. The van der Waals surface area contributed by atoms with Crippen molar-refractivity contribution < 1.29 is 9.53 Å².